The van der Waals surface area contributed by atoms with Crippen molar-refractivity contribution in [3.63, 3.8) is 0 Å². The Balaban J connectivity index is 2.78. The molecule has 0 aromatic heterocycles. The minimum Gasteiger partial charge on any atom is -0.489 e. The van der Waals surface area contributed by atoms with Gasteiger partial charge in [0.1, 0.15) is 11.9 Å². The van der Waals surface area contributed by atoms with Gasteiger partial charge in [0, 0.05) is 12.6 Å². The van der Waals surface area contributed by atoms with Crippen LogP contribution in [-0.2, 0) is 5.41 Å². The SMILES string of the molecule is CC(C)NCC(Oc1cccc(C(C)(C)C)c1)C(C)C. The van der Waals surface area contributed by atoms with E-state index >= 15 is 0 Å². The Labute approximate surface area is 124 Å². The summed E-state index contributed by atoms with van der Waals surface area (Å²) in [4.78, 5) is 0. The first kappa shape index (κ1) is 17.0. The standard InChI is InChI=1S/C18H31NO/c1-13(2)17(12-19-14(3)4)20-16-10-8-9-15(11-16)18(5,6)7/h8-11,13-14,17,19H,12H2,1-7H3. The summed E-state index contributed by atoms with van der Waals surface area (Å²) in [5, 5.41) is 3.47. The van der Waals surface area contributed by atoms with Gasteiger partial charge in [0.25, 0.3) is 0 Å². The average Bonchev–Trinajstić information content (AvgIpc) is 2.33. The lowest BCUT2D eigenvalue weighted by atomic mass is 9.87. The van der Waals surface area contributed by atoms with Crippen molar-refractivity contribution >= 4 is 0 Å². The lowest BCUT2D eigenvalue weighted by molar-refractivity contribution is 0.146. The van der Waals surface area contributed by atoms with Crippen LogP contribution >= 0.6 is 0 Å². The van der Waals surface area contributed by atoms with Crippen LogP contribution in [0, 0.1) is 5.92 Å². The van der Waals surface area contributed by atoms with Gasteiger partial charge in [-0.1, -0.05) is 60.6 Å². The summed E-state index contributed by atoms with van der Waals surface area (Å²) in [6.45, 7) is 16.3. The number of nitrogens with one attached hydrogen (secondary N) is 1. The van der Waals surface area contributed by atoms with Crippen LogP contribution < -0.4 is 10.1 Å². The number of ether oxygens (including phenoxy) is 1. The Morgan fingerprint density at radius 3 is 2.25 bits per heavy atom. The van der Waals surface area contributed by atoms with Gasteiger partial charge >= 0.3 is 0 Å². The van der Waals surface area contributed by atoms with E-state index in [1.54, 1.807) is 0 Å². The Kier molecular flexibility index (Phi) is 6.07. The van der Waals surface area contributed by atoms with E-state index in [9.17, 15) is 0 Å². The van der Waals surface area contributed by atoms with Gasteiger partial charge in [-0.2, -0.15) is 0 Å². The van der Waals surface area contributed by atoms with E-state index in [0.29, 0.717) is 12.0 Å². The predicted molar refractivity (Wildman–Crippen MR) is 87.5 cm³/mol. The van der Waals surface area contributed by atoms with Crippen molar-refractivity contribution in [2.45, 2.75) is 66.0 Å². The lowest BCUT2D eigenvalue weighted by Gasteiger charge is -2.26. The maximum atomic E-state index is 6.20. The molecule has 0 spiro atoms. The smallest absolute Gasteiger partial charge is 0.120 e. The third-order valence-electron chi connectivity index (χ3n) is 3.46. The van der Waals surface area contributed by atoms with Gasteiger partial charge in [-0.05, 0) is 29.0 Å². The van der Waals surface area contributed by atoms with Gasteiger partial charge in [-0.15, -0.1) is 0 Å². The molecular weight excluding hydrogens is 246 g/mol. The van der Waals surface area contributed by atoms with Crippen molar-refractivity contribution in [2.75, 3.05) is 6.54 Å². The van der Waals surface area contributed by atoms with E-state index in [1.807, 2.05) is 0 Å². The summed E-state index contributed by atoms with van der Waals surface area (Å²) < 4.78 is 6.20. The van der Waals surface area contributed by atoms with E-state index in [0.717, 1.165) is 12.3 Å². The normalized spacial score (nSPS) is 13.8. The molecule has 1 atom stereocenters. The van der Waals surface area contributed by atoms with Crippen LogP contribution in [0.1, 0.15) is 54.0 Å². The Morgan fingerprint density at radius 2 is 1.75 bits per heavy atom. The molecule has 0 saturated carbocycles. The fourth-order valence-electron chi connectivity index (χ4n) is 1.98. The fourth-order valence-corrected chi connectivity index (χ4v) is 1.98. The van der Waals surface area contributed by atoms with Gasteiger partial charge in [-0.25, -0.2) is 0 Å². The molecule has 2 nitrogen and oxygen atoms in total. The molecule has 0 amide bonds. The number of hydrogen-bond donors (Lipinski definition) is 1. The van der Waals surface area contributed by atoms with Crippen LogP contribution in [0.4, 0.5) is 0 Å². The summed E-state index contributed by atoms with van der Waals surface area (Å²) in [5.74, 6) is 1.46. The van der Waals surface area contributed by atoms with E-state index in [4.69, 9.17) is 4.74 Å². The van der Waals surface area contributed by atoms with Gasteiger partial charge in [0.05, 0.1) is 0 Å². The highest BCUT2D eigenvalue weighted by Crippen LogP contribution is 2.26. The molecule has 1 rings (SSSR count). The van der Waals surface area contributed by atoms with Crippen LogP contribution in [0.5, 0.6) is 5.75 Å². The molecule has 0 aliphatic rings. The minimum absolute atomic E-state index is 0.156. The second kappa shape index (κ2) is 7.12. The highest BCUT2D eigenvalue weighted by molar-refractivity contribution is 5.32. The van der Waals surface area contributed by atoms with E-state index < -0.39 is 0 Å². The average molecular weight is 277 g/mol. The summed E-state index contributed by atoms with van der Waals surface area (Å²) >= 11 is 0. The Bertz CT molecular complexity index is 404. The van der Waals surface area contributed by atoms with E-state index in [-0.39, 0.29) is 11.5 Å². The number of benzene rings is 1. The molecule has 0 aliphatic carbocycles. The highest BCUT2D eigenvalue weighted by atomic mass is 16.5. The van der Waals surface area contributed by atoms with Crippen LogP contribution in [0.3, 0.4) is 0 Å². The molecule has 0 aliphatic heterocycles. The zero-order valence-corrected chi connectivity index (χ0v) is 14.2. The summed E-state index contributed by atoms with van der Waals surface area (Å²) in [6, 6.07) is 8.97. The van der Waals surface area contributed by atoms with Crippen molar-refractivity contribution < 1.29 is 4.74 Å². The molecule has 1 aromatic rings. The van der Waals surface area contributed by atoms with Gasteiger partial charge in [0.15, 0.2) is 0 Å². The van der Waals surface area contributed by atoms with Gasteiger partial charge < -0.3 is 10.1 Å². The van der Waals surface area contributed by atoms with Gasteiger partial charge in [0.2, 0.25) is 0 Å². The molecule has 0 bridgehead atoms. The molecule has 0 heterocycles. The molecule has 0 fully saturated rings. The summed E-state index contributed by atoms with van der Waals surface area (Å²) in [7, 11) is 0. The molecule has 1 aromatic carbocycles. The fraction of sp³-hybridized carbons (Fsp3) is 0.667. The van der Waals surface area contributed by atoms with E-state index in [1.165, 1.54) is 5.56 Å². The summed E-state index contributed by atoms with van der Waals surface area (Å²) in [6.07, 6.45) is 0.201. The third kappa shape index (κ3) is 5.54. The van der Waals surface area contributed by atoms with Crippen molar-refractivity contribution in [1.29, 1.82) is 0 Å². The predicted octanol–water partition coefficient (Wildman–Crippen LogP) is 4.39. The topological polar surface area (TPSA) is 21.3 Å². The zero-order chi connectivity index (χ0) is 15.3. The monoisotopic (exact) mass is 277 g/mol. The maximum Gasteiger partial charge on any atom is 0.120 e. The quantitative estimate of drug-likeness (QED) is 0.833. The number of hydrogen-bond acceptors (Lipinski definition) is 2. The number of rotatable bonds is 6. The molecule has 1 unspecified atom stereocenters. The van der Waals surface area contributed by atoms with Gasteiger partial charge in [-0.3, -0.25) is 0 Å². The van der Waals surface area contributed by atoms with Crippen molar-refractivity contribution in [1.82, 2.24) is 5.32 Å². The lowest BCUT2D eigenvalue weighted by Crippen LogP contribution is -2.38. The maximum absolute atomic E-state index is 6.20. The van der Waals surface area contributed by atoms with Crippen LogP contribution in [0.2, 0.25) is 0 Å². The van der Waals surface area contributed by atoms with E-state index in [2.05, 4.69) is 78.0 Å². The zero-order valence-electron chi connectivity index (χ0n) is 14.2. The van der Waals surface area contributed by atoms with Crippen molar-refractivity contribution in [2.24, 2.45) is 5.92 Å². The third-order valence-corrected chi connectivity index (χ3v) is 3.46. The molecule has 1 N–H and O–H groups in total. The van der Waals surface area contributed by atoms with Crippen LogP contribution in [-0.4, -0.2) is 18.7 Å². The Hall–Kier alpha value is -1.02. The molecule has 2 heteroatoms. The minimum atomic E-state index is 0.156. The second-order valence-corrected chi connectivity index (χ2v) is 7.24. The molecular formula is C18H31NO. The molecule has 114 valence electrons. The molecule has 20 heavy (non-hydrogen) atoms. The van der Waals surface area contributed by atoms with Crippen molar-refractivity contribution in [3.8, 4) is 5.75 Å². The first-order valence-corrected chi connectivity index (χ1v) is 7.70. The summed E-state index contributed by atoms with van der Waals surface area (Å²) in [5.41, 5.74) is 1.47. The largest absolute Gasteiger partial charge is 0.489 e. The van der Waals surface area contributed by atoms with Crippen molar-refractivity contribution in [3.05, 3.63) is 29.8 Å². The highest BCUT2D eigenvalue weighted by Gasteiger charge is 2.18. The molecule has 0 saturated heterocycles. The Morgan fingerprint density at radius 1 is 1.10 bits per heavy atom. The van der Waals surface area contributed by atoms with Crippen LogP contribution in [0.25, 0.3) is 0 Å². The van der Waals surface area contributed by atoms with Crippen LogP contribution in [0.15, 0.2) is 24.3 Å². The second-order valence-electron chi connectivity index (χ2n) is 7.24. The first-order chi connectivity index (χ1) is 9.20. The molecule has 0 radical (unpaired) electrons. The first-order valence-electron chi connectivity index (χ1n) is 7.70.